The highest BCUT2D eigenvalue weighted by Gasteiger charge is 2.37. The van der Waals surface area contributed by atoms with Gasteiger partial charge in [-0.2, -0.15) is 5.10 Å². The van der Waals surface area contributed by atoms with E-state index in [0.717, 1.165) is 21.8 Å². The largest absolute Gasteiger partial charge is 0.331 e. The fourth-order valence-electron chi connectivity index (χ4n) is 4.33. The van der Waals surface area contributed by atoms with Gasteiger partial charge in [0, 0.05) is 35.0 Å². The minimum Gasteiger partial charge on any atom is -0.331 e. The summed E-state index contributed by atoms with van der Waals surface area (Å²) in [5.74, 6) is -0.184. The Kier molecular flexibility index (Phi) is 5.47. The predicted octanol–water partition coefficient (Wildman–Crippen LogP) is 4.20. The van der Waals surface area contributed by atoms with Gasteiger partial charge in [0.1, 0.15) is 5.69 Å². The highest BCUT2D eigenvalue weighted by atomic mass is 35.5. The van der Waals surface area contributed by atoms with E-state index in [2.05, 4.69) is 4.98 Å². The van der Waals surface area contributed by atoms with E-state index in [1.54, 1.807) is 39.9 Å². The maximum Gasteiger partial charge on any atom is 0.272 e. The summed E-state index contributed by atoms with van der Waals surface area (Å²) in [6.07, 6.45) is 0.601. The molecule has 2 amide bonds. The lowest BCUT2D eigenvalue weighted by molar-refractivity contribution is 0.0637. The Labute approximate surface area is 199 Å². The van der Waals surface area contributed by atoms with Crippen LogP contribution in [0.4, 0.5) is 0 Å². The Morgan fingerprint density at radius 3 is 2.78 bits per heavy atom. The number of benzene rings is 1. The minimum absolute atomic E-state index is 0.0470. The number of carbonyl (C=O) groups is 2. The summed E-state index contributed by atoms with van der Waals surface area (Å²) in [7, 11) is 0. The fourth-order valence-corrected chi connectivity index (χ4v) is 5.42. The second-order valence-electron chi connectivity index (χ2n) is 8.20. The molecular weight excluding hydrogens is 469 g/mol. The summed E-state index contributed by atoms with van der Waals surface area (Å²) in [4.78, 5) is 35.7. The third-order valence-electron chi connectivity index (χ3n) is 6.16. The number of aryl methyl sites for hydroxylation is 1. The van der Waals surface area contributed by atoms with Crippen molar-refractivity contribution in [2.24, 2.45) is 0 Å². The molecule has 10 heteroatoms. The molecule has 1 aromatic carbocycles. The van der Waals surface area contributed by atoms with Gasteiger partial charge in [-0.15, -0.1) is 11.3 Å². The van der Waals surface area contributed by atoms with Crippen LogP contribution in [0.3, 0.4) is 0 Å². The van der Waals surface area contributed by atoms with Crippen LogP contribution in [0.5, 0.6) is 0 Å². The number of amides is 2. The first-order valence-corrected chi connectivity index (χ1v) is 12.0. The molecule has 4 heterocycles. The Balaban J connectivity index is 1.44. The molecule has 0 spiro atoms. The molecule has 0 unspecified atom stereocenters. The lowest BCUT2D eigenvalue weighted by atomic mass is 9.97. The van der Waals surface area contributed by atoms with Crippen LogP contribution in [0, 0.1) is 6.92 Å². The van der Waals surface area contributed by atoms with E-state index in [9.17, 15) is 9.59 Å². The quantitative estimate of drug-likeness (QED) is 0.552. The van der Waals surface area contributed by atoms with Crippen molar-refractivity contribution in [2.75, 3.05) is 6.54 Å². The van der Waals surface area contributed by atoms with Crippen molar-refractivity contribution >= 4 is 46.4 Å². The maximum atomic E-state index is 13.4. The van der Waals surface area contributed by atoms with Gasteiger partial charge in [-0.25, -0.2) is 4.98 Å². The Morgan fingerprint density at radius 1 is 1.25 bits per heavy atom. The third-order valence-corrected chi connectivity index (χ3v) is 7.82. The van der Waals surface area contributed by atoms with Gasteiger partial charge in [0.15, 0.2) is 0 Å². The first-order chi connectivity index (χ1) is 15.3. The topological polar surface area (TPSA) is 71.3 Å². The molecule has 32 heavy (non-hydrogen) atoms. The normalized spacial score (nSPS) is 18.0. The van der Waals surface area contributed by atoms with Gasteiger partial charge in [-0.05, 0) is 32.0 Å². The molecule has 2 aromatic heterocycles. The zero-order valence-corrected chi connectivity index (χ0v) is 20.0. The van der Waals surface area contributed by atoms with Crippen LogP contribution in [-0.2, 0) is 26.1 Å². The van der Waals surface area contributed by atoms with Crippen molar-refractivity contribution in [1.82, 2.24) is 24.6 Å². The number of aromatic nitrogens is 3. The molecule has 0 fully saturated rings. The second-order valence-corrected chi connectivity index (χ2v) is 9.95. The monoisotopic (exact) mass is 489 g/mol. The van der Waals surface area contributed by atoms with E-state index in [4.69, 9.17) is 28.3 Å². The summed E-state index contributed by atoms with van der Waals surface area (Å²) in [5, 5.41) is 5.47. The molecule has 5 rings (SSSR count). The van der Waals surface area contributed by atoms with Gasteiger partial charge < -0.3 is 9.80 Å². The number of nitrogens with zero attached hydrogens (tertiary/aromatic N) is 5. The minimum atomic E-state index is -0.137. The third kappa shape index (κ3) is 3.60. The Bertz CT molecular complexity index is 1240. The first kappa shape index (κ1) is 21.4. The maximum absolute atomic E-state index is 13.4. The van der Waals surface area contributed by atoms with E-state index in [1.807, 2.05) is 23.4 Å². The molecular formula is C22H21Cl2N5O2S. The smallest absolute Gasteiger partial charge is 0.272 e. The number of rotatable bonds is 3. The molecule has 2 aliphatic rings. The predicted molar refractivity (Wildman–Crippen MR) is 123 cm³/mol. The van der Waals surface area contributed by atoms with E-state index in [1.165, 1.54) is 0 Å². The molecule has 0 saturated carbocycles. The molecule has 1 atom stereocenters. The first-order valence-electron chi connectivity index (χ1n) is 10.4. The number of thiazole rings is 1. The van der Waals surface area contributed by atoms with Crippen molar-refractivity contribution < 1.29 is 9.59 Å². The van der Waals surface area contributed by atoms with Crippen LogP contribution in [-0.4, -0.2) is 49.0 Å². The van der Waals surface area contributed by atoms with Crippen LogP contribution in [0.1, 0.15) is 49.6 Å². The lowest BCUT2D eigenvalue weighted by Crippen LogP contribution is -2.44. The molecule has 166 valence electrons. The van der Waals surface area contributed by atoms with E-state index in [0.29, 0.717) is 53.9 Å². The average molecular weight is 490 g/mol. The molecule has 0 saturated heterocycles. The van der Waals surface area contributed by atoms with Crippen LogP contribution in [0.2, 0.25) is 10.0 Å². The van der Waals surface area contributed by atoms with E-state index in [-0.39, 0.29) is 17.9 Å². The molecule has 2 aliphatic heterocycles. The Hall–Kier alpha value is -2.42. The lowest BCUT2D eigenvalue weighted by Gasteiger charge is -2.34. The summed E-state index contributed by atoms with van der Waals surface area (Å²) in [5.41, 5.74) is 5.56. The highest BCUT2D eigenvalue weighted by Crippen LogP contribution is 2.31. The van der Waals surface area contributed by atoms with Crippen LogP contribution < -0.4 is 0 Å². The number of carbonyl (C=O) groups excluding carboxylic acids is 2. The van der Waals surface area contributed by atoms with Crippen molar-refractivity contribution in [3.63, 3.8) is 0 Å². The van der Waals surface area contributed by atoms with Crippen LogP contribution in [0.25, 0.3) is 0 Å². The SMILES string of the molecule is Cc1ncsc1CN1CCn2nc3c(c2C1=O)CN(C(=O)c1ccc(Cl)c(Cl)c1)[C@H](C)C3. The summed E-state index contributed by atoms with van der Waals surface area (Å²) in [6.45, 7) is 6.07. The standard InChI is InChI=1S/C22H21Cl2N5O2S/c1-12-7-18-15(9-28(12)21(30)14-3-4-16(23)17(24)8-14)20-22(31)27(5-6-29(20)26-18)10-19-13(2)25-11-32-19/h3-4,8,11-12H,5-7,9-10H2,1-2H3/t12-/m1/s1. The van der Waals surface area contributed by atoms with Gasteiger partial charge >= 0.3 is 0 Å². The summed E-state index contributed by atoms with van der Waals surface area (Å²) < 4.78 is 1.81. The van der Waals surface area contributed by atoms with Gasteiger partial charge in [-0.3, -0.25) is 14.3 Å². The van der Waals surface area contributed by atoms with Crippen molar-refractivity contribution in [3.05, 3.63) is 66.8 Å². The Morgan fingerprint density at radius 2 is 2.06 bits per heavy atom. The highest BCUT2D eigenvalue weighted by molar-refractivity contribution is 7.09. The zero-order chi connectivity index (χ0) is 22.6. The van der Waals surface area contributed by atoms with Crippen molar-refractivity contribution in [3.8, 4) is 0 Å². The van der Waals surface area contributed by atoms with Gasteiger partial charge in [0.05, 0.1) is 46.6 Å². The number of hydrogen-bond donors (Lipinski definition) is 0. The number of halogens is 2. The second kappa shape index (κ2) is 8.17. The van der Waals surface area contributed by atoms with E-state index >= 15 is 0 Å². The van der Waals surface area contributed by atoms with E-state index < -0.39 is 0 Å². The number of hydrogen-bond acceptors (Lipinski definition) is 5. The average Bonchev–Trinajstić information content (AvgIpc) is 3.33. The summed E-state index contributed by atoms with van der Waals surface area (Å²) >= 11 is 13.7. The van der Waals surface area contributed by atoms with Gasteiger partial charge in [0.25, 0.3) is 11.8 Å². The van der Waals surface area contributed by atoms with Crippen LogP contribution >= 0.6 is 34.5 Å². The number of fused-ring (bicyclic) bond motifs is 3. The van der Waals surface area contributed by atoms with Crippen LogP contribution in [0.15, 0.2) is 23.7 Å². The van der Waals surface area contributed by atoms with Crippen molar-refractivity contribution in [1.29, 1.82) is 0 Å². The summed E-state index contributed by atoms with van der Waals surface area (Å²) in [6, 6.07) is 4.84. The molecule has 0 bridgehead atoms. The molecule has 0 N–H and O–H groups in total. The zero-order valence-electron chi connectivity index (χ0n) is 17.6. The van der Waals surface area contributed by atoms with Gasteiger partial charge in [-0.1, -0.05) is 23.2 Å². The van der Waals surface area contributed by atoms with Crippen molar-refractivity contribution in [2.45, 2.75) is 45.9 Å². The molecule has 0 radical (unpaired) electrons. The molecule has 0 aliphatic carbocycles. The molecule has 3 aromatic rings. The fraction of sp³-hybridized carbons (Fsp3) is 0.364. The molecule has 7 nitrogen and oxygen atoms in total. The van der Waals surface area contributed by atoms with Gasteiger partial charge in [0.2, 0.25) is 0 Å².